The number of rotatable bonds is 4. The van der Waals surface area contributed by atoms with E-state index in [1.165, 1.54) is 11.1 Å². The third-order valence-electron chi connectivity index (χ3n) is 2.86. The standard InChI is InChI=1S/C16H17O/c1-3-13-9-8-12-16(15(13)4-2)17-14-10-6-5-7-11-14/h5-11H,3-4H2,1-2H3. The second-order valence-electron chi connectivity index (χ2n) is 3.93. The largest absolute Gasteiger partial charge is 0.456 e. The van der Waals surface area contributed by atoms with Gasteiger partial charge in [-0.25, -0.2) is 0 Å². The fourth-order valence-electron chi connectivity index (χ4n) is 1.97. The van der Waals surface area contributed by atoms with E-state index in [0.717, 1.165) is 24.3 Å². The predicted molar refractivity (Wildman–Crippen MR) is 70.6 cm³/mol. The summed E-state index contributed by atoms with van der Waals surface area (Å²) in [5.41, 5.74) is 2.61. The van der Waals surface area contributed by atoms with Crippen LogP contribution in [-0.2, 0) is 12.8 Å². The van der Waals surface area contributed by atoms with Gasteiger partial charge in [-0.05, 0) is 36.1 Å². The SMILES string of the molecule is CCc1cc[c]c(Oc2ccccc2)c1CC. The van der Waals surface area contributed by atoms with E-state index in [1.807, 2.05) is 36.4 Å². The van der Waals surface area contributed by atoms with Gasteiger partial charge in [0.15, 0.2) is 0 Å². The van der Waals surface area contributed by atoms with Crippen molar-refractivity contribution in [1.29, 1.82) is 0 Å². The molecule has 2 rings (SSSR count). The van der Waals surface area contributed by atoms with Gasteiger partial charge in [-0.2, -0.15) is 0 Å². The van der Waals surface area contributed by atoms with Gasteiger partial charge in [-0.15, -0.1) is 0 Å². The molecule has 0 spiro atoms. The Labute approximate surface area is 103 Å². The highest BCUT2D eigenvalue weighted by Gasteiger charge is 2.07. The Hall–Kier alpha value is -1.76. The maximum absolute atomic E-state index is 5.89. The van der Waals surface area contributed by atoms with Gasteiger partial charge in [0.1, 0.15) is 11.5 Å². The van der Waals surface area contributed by atoms with Crippen LogP contribution in [-0.4, -0.2) is 0 Å². The molecule has 0 saturated heterocycles. The fourth-order valence-corrected chi connectivity index (χ4v) is 1.97. The fraction of sp³-hybridized carbons (Fsp3) is 0.250. The first-order valence-electron chi connectivity index (χ1n) is 6.10. The minimum atomic E-state index is 0.859. The zero-order valence-electron chi connectivity index (χ0n) is 10.4. The molecule has 87 valence electrons. The zero-order valence-corrected chi connectivity index (χ0v) is 10.4. The number of aryl methyl sites for hydroxylation is 1. The second kappa shape index (κ2) is 5.53. The van der Waals surface area contributed by atoms with Gasteiger partial charge < -0.3 is 4.74 Å². The van der Waals surface area contributed by atoms with E-state index in [9.17, 15) is 0 Å². The number of para-hydroxylation sites is 1. The molecule has 0 aliphatic rings. The third-order valence-corrected chi connectivity index (χ3v) is 2.86. The number of ether oxygens (including phenoxy) is 1. The van der Waals surface area contributed by atoms with Crippen LogP contribution in [0.15, 0.2) is 42.5 Å². The lowest BCUT2D eigenvalue weighted by molar-refractivity contribution is 0.475. The molecule has 1 heteroatoms. The lowest BCUT2D eigenvalue weighted by Crippen LogP contribution is -1.96. The first kappa shape index (κ1) is 11.7. The molecule has 2 aromatic carbocycles. The van der Waals surface area contributed by atoms with E-state index in [-0.39, 0.29) is 0 Å². The van der Waals surface area contributed by atoms with E-state index in [4.69, 9.17) is 4.74 Å². The number of hydrogen-bond donors (Lipinski definition) is 0. The van der Waals surface area contributed by atoms with E-state index in [0.29, 0.717) is 0 Å². The molecule has 0 saturated carbocycles. The van der Waals surface area contributed by atoms with Gasteiger partial charge in [-0.1, -0.05) is 44.2 Å². The third kappa shape index (κ3) is 2.68. The molecule has 1 nitrogen and oxygen atoms in total. The number of benzene rings is 2. The Bertz CT molecular complexity index is 474. The average molecular weight is 225 g/mol. The molecule has 0 unspecified atom stereocenters. The summed E-state index contributed by atoms with van der Waals surface area (Å²) >= 11 is 0. The molecule has 0 aliphatic heterocycles. The lowest BCUT2D eigenvalue weighted by Gasteiger charge is -2.12. The monoisotopic (exact) mass is 225 g/mol. The Morgan fingerprint density at radius 1 is 1.00 bits per heavy atom. The van der Waals surface area contributed by atoms with Crippen molar-refractivity contribution in [3.8, 4) is 11.5 Å². The molecule has 0 heterocycles. The molecular formula is C16H17O. The highest BCUT2D eigenvalue weighted by molar-refractivity contribution is 5.42. The number of hydrogen-bond acceptors (Lipinski definition) is 1. The van der Waals surface area contributed by atoms with Crippen molar-refractivity contribution in [2.45, 2.75) is 26.7 Å². The predicted octanol–water partition coefficient (Wildman–Crippen LogP) is 4.40. The molecule has 1 radical (unpaired) electrons. The van der Waals surface area contributed by atoms with Crippen molar-refractivity contribution in [3.05, 3.63) is 59.7 Å². The van der Waals surface area contributed by atoms with Crippen LogP contribution in [0.1, 0.15) is 25.0 Å². The maximum Gasteiger partial charge on any atom is 0.138 e. The highest BCUT2D eigenvalue weighted by atomic mass is 16.5. The van der Waals surface area contributed by atoms with Crippen LogP contribution in [0, 0.1) is 6.07 Å². The first-order chi connectivity index (χ1) is 8.35. The summed E-state index contributed by atoms with van der Waals surface area (Å²) in [7, 11) is 0. The van der Waals surface area contributed by atoms with Gasteiger partial charge in [-0.3, -0.25) is 0 Å². The Balaban J connectivity index is 2.33. The van der Waals surface area contributed by atoms with Crippen molar-refractivity contribution in [1.82, 2.24) is 0 Å². The minimum absolute atomic E-state index is 0.859. The van der Waals surface area contributed by atoms with Crippen molar-refractivity contribution < 1.29 is 4.74 Å². The normalized spacial score (nSPS) is 10.2. The molecule has 0 atom stereocenters. The summed E-state index contributed by atoms with van der Waals surface area (Å²) in [6, 6.07) is 17.1. The molecule has 0 N–H and O–H groups in total. The topological polar surface area (TPSA) is 9.23 Å². The van der Waals surface area contributed by atoms with Gasteiger partial charge in [0.25, 0.3) is 0 Å². The Morgan fingerprint density at radius 2 is 1.76 bits per heavy atom. The maximum atomic E-state index is 5.89. The lowest BCUT2D eigenvalue weighted by atomic mass is 10.0. The van der Waals surface area contributed by atoms with E-state index in [2.05, 4.69) is 26.0 Å². The van der Waals surface area contributed by atoms with Gasteiger partial charge in [0, 0.05) is 6.07 Å². The summed E-state index contributed by atoms with van der Waals surface area (Å²) < 4.78 is 5.89. The smallest absolute Gasteiger partial charge is 0.138 e. The molecular weight excluding hydrogens is 208 g/mol. The molecule has 2 aromatic rings. The zero-order chi connectivity index (χ0) is 12.1. The average Bonchev–Trinajstić information content (AvgIpc) is 2.39. The second-order valence-corrected chi connectivity index (χ2v) is 3.93. The molecule has 0 amide bonds. The molecule has 0 fully saturated rings. The molecule has 0 aliphatic carbocycles. The van der Waals surface area contributed by atoms with Crippen LogP contribution >= 0.6 is 0 Å². The Kier molecular flexibility index (Phi) is 3.81. The Morgan fingerprint density at radius 3 is 2.41 bits per heavy atom. The first-order valence-corrected chi connectivity index (χ1v) is 6.10. The van der Waals surface area contributed by atoms with Crippen LogP contribution in [0.25, 0.3) is 0 Å². The molecule has 0 aromatic heterocycles. The molecule has 17 heavy (non-hydrogen) atoms. The van der Waals surface area contributed by atoms with Gasteiger partial charge in [0.05, 0.1) is 0 Å². The van der Waals surface area contributed by atoms with Crippen molar-refractivity contribution >= 4 is 0 Å². The summed E-state index contributed by atoms with van der Waals surface area (Å²) in [5.74, 6) is 1.73. The van der Waals surface area contributed by atoms with Crippen LogP contribution in [0.5, 0.6) is 11.5 Å². The quantitative estimate of drug-likeness (QED) is 0.749. The van der Waals surface area contributed by atoms with Crippen molar-refractivity contribution in [2.75, 3.05) is 0 Å². The van der Waals surface area contributed by atoms with Crippen LogP contribution in [0.3, 0.4) is 0 Å². The van der Waals surface area contributed by atoms with E-state index in [1.54, 1.807) is 0 Å². The van der Waals surface area contributed by atoms with Crippen LogP contribution in [0.4, 0.5) is 0 Å². The molecule has 0 bridgehead atoms. The van der Waals surface area contributed by atoms with Gasteiger partial charge in [0.2, 0.25) is 0 Å². The van der Waals surface area contributed by atoms with Crippen molar-refractivity contribution in [3.63, 3.8) is 0 Å². The summed E-state index contributed by atoms with van der Waals surface area (Å²) in [5, 5.41) is 0. The van der Waals surface area contributed by atoms with Crippen LogP contribution < -0.4 is 4.74 Å². The highest BCUT2D eigenvalue weighted by Crippen LogP contribution is 2.27. The minimum Gasteiger partial charge on any atom is -0.456 e. The van der Waals surface area contributed by atoms with Crippen LogP contribution in [0.2, 0.25) is 0 Å². The summed E-state index contributed by atoms with van der Waals surface area (Å²) in [6.07, 6.45) is 2.01. The summed E-state index contributed by atoms with van der Waals surface area (Å²) in [4.78, 5) is 0. The summed E-state index contributed by atoms with van der Waals surface area (Å²) in [6.45, 7) is 4.32. The van der Waals surface area contributed by atoms with E-state index < -0.39 is 0 Å². The van der Waals surface area contributed by atoms with Crippen molar-refractivity contribution in [2.24, 2.45) is 0 Å². The van der Waals surface area contributed by atoms with Gasteiger partial charge >= 0.3 is 0 Å². The van der Waals surface area contributed by atoms with E-state index >= 15 is 0 Å².